The largest absolute Gasteiger partial charge is 0.489 e. The van der Waals surface area contributed by atoms with Crippen LogP contribution >= 0.6 is 0 Å². The van der Waals surface area contributed by atoms with Gasteiger partial charge in [0.1, 0.15) is 5.75 Å². The highest BCUT2D eigenvalue weighted by molar-refractivity contribution is 5.55. The van der Waals surface area contributed by atoms with Gasteiger partial charge in [-0.15, -0.1) is 0 Å². The first kappa shape index (κ1) is 12.9. The number of anilines is 1. The Labute approximate surface area is 98.8 Å². The molecular formula is C14H23NO. The smallest absolute Gasteiger partial charge is 0.142 e. The van der Waals surface area contributed by atoms with Gasteiger partial charge in [-0.2, -0.15) is 0 Å². The van der Waals surface area contributed by atoms with E-state index >= 15 is 0 Å². The van der Waals surface area contributed by atoms with Crippen LogP contribution in [-0.4, -0.2) is 6.10 Å². The first-order valence-electron chi connectivity index (χ1n) is 5.93. The SMILES string of the molecule is CCC(C)(C)c1ccc(OC(C)C)c(N)c1. The minimum atomic E-state index is 0.160. The van der Waals surface area contributed by atoms with Crippen molar-refractivity contribution in [2.24, 2.45) is 0 Å². The molecule has 0 aliphatic heterocycles. The molecule has 0 fully saturated rings. The van der Waals surface area contributed by atoms with Crippen molar-refractivity contribution in [3.63, 3.8) is 0 Å². The van der Waals surface area contributed by atoms with Crippen molar-refractivity contribution < 1.29 is 4.74 Å². The summed E-state index contributed by atoms with van der Waals surface area (Å²) in [7, 11) is 0. The fraction of sp³-hybridized carbons (Fsp3) is 0.571. The molecule has 0 spiro atoms. The molecule has 1 aromatic rings. The van der Waals surface area contributed by atoms with Crippen LogP contribution in [0.4, 0.5) is 5.69 Å². The highest BCUT2D eigenvalue weighted by Gasteiger charge is 2.19. The van der Waals surface area contributed by atoms with Gasteiger partial charge in [-0.25, -0.2) is 0 Å². The molecule has 0 atom stereocenters. The minimum absolute atomic E-state index is 0.160. The summed E-state index contributed by atoms with van der Waals surface area (Å²) in [6.45, 7) is 10.6. The third kappa shape index (κ3) is 2.91. The Balaban J connectivity index is 2.99. The van der Waals surface area contributed by atoms with E-state index in [4.69, 9.17) is 10.5 Å². The van der Waals surface area contributed by atoms with Gasteiger partial charge in [-0.3, -0.25) is 0 Å². The Bertz CT molecular complexity index is 356. The maximum absolute atomic E-state index is 6.00. The van der Waals surface area contributed by atoms with E-state index in [9.17, 15) is 0 Å². The van der Waals surface area contributed by atoms with Crippen LogP contribution in [-0.2, 0) is 5.41 Å². The lowest BCUT2D eigenvalue weighted by Crippen LogP contribution is -2.16. The molecule has 2 nitrogen and oxygen atoms in total. The fourth-order valence-corrected chi connectivity index (χ4v) is 1.53. The van der Waals surface area contributed by atoms with E-state index in [2.05, 4.69) is 26.8 Å². The molecular weight excluding hydrogens is 198 g/mol. The molecule has 1 rings (SSSR count). The Morgan fingerprint density at radius 2 is 1.94 bits per heavy atom. The molecule has 16 heavy (non-hydrogen) atoms. The van der Waals surface area contributed by atoms with Crippen LogP contribution in [0.2, 0.25) is 0 Å². The topological polar surface area (TPSA) is 35.2 Å². The van der Waals surface area contributed by atoms with Crippen LogP contribution in [0.5, 0.6) is 5.75 Å². The molecule has 0 heterocycles. The highest BCUT2D eigenvalue weighted by atomic mass is 16.5. The second kappa shape index (κ2) is 4.77. The molecule has 0 bridgehead atoms. The summed E-state index contributed by atoms with van der Waals surface area (Å²) >= 11 is 0. The van der Waals surface area contributed by atoms with Gasteiger partial charge in [0.15, 0.2) is 0 Å². The van der Waals surface area contributed by atoms with E-state index in [1.807, 2.05) is 26.0 Å². The van der Waals surface area contributed by atoms with Gasteiger partial charge in [0.25, 0.3) is 0 Å². The van der Waals surface area contributed by atoms with Gasteiger partial charge in [0.2, 0.25) is 0 Å². The number of hydrogen-bond donors (Lipinski definition) is 1. The van der Waals surface area contributed by atoms with Gasteiger partial charge >= 0.3 is 0 Å². The van der Waals surface area contributed by atoms with Crippen molar-refractivity contribution in [3.8, 4) is 5.75 Å². The van der Waals surface area contributed by atoms with E-state index in [-0.39, 0.29) is 11.5 Å². The van der Waals surface area contributed by atoms with Gasteiger partial charge in [-0.1, -0.05) is 26.8 Å². The van der Waals surface area contributed by atoms with Gasteiger partial charge in [0.05, 0.1) is 11.8 Å². The molecule has 0 saturated carbocycles. The van der Waals surface area contributed by atoms with Crippen LogP contribution in [0, 0.1) is 0 Å². The molecule has 0 amide bonds. The Hall–Kier alpha value is -1.18. The maximum atomic E-state index is 6.00. The van der Waals surface area contributed by atoms with Crippen molar-refractivity contribution in [2.45, 2.75) is 52.6 Å². The fourth-order valence-electron chi connectivity index (χ4n) is 1.53. The molecule has 2 heteroatoms. The Kier molecular flexibility index (Phi) is 3.84. The predicted octanol–water partition coefficient (Wildman–Crippen LogP) is 3.74. The number of rotatable bonds is 4. The van der Waals surface area contributed by atoms with Gasteiger partial charge in [0, 0.05) is 0 Å². The molecule has 1 aromatic carbocycles. The lowest BCUT2D eigenvalue weighted by Gasteiger charge is -2.24. The minimum Gasteiger partial charge on any atom is -0.489 e. The quantitative estimate of drug-likeness (QED) is 0.786. The summed E-state index contributed by atoms with van der Waals surface area (Å²) in [5.41, 5.74) is 8.16. The van der Waals surface area contributed by atoms with E-state index in [0.717, 1.165) is 17.9 Å². The summed E-state index contributed by atoms with van der Waals surface area (Å²) < 4.78 is 5.62. The molecule has 0 radical (unpaired) electrons. The molecule has 0 saturated heterocycles. The number of nitrogen functional groups attached to an aromatic ring is 1. The van der Waals surface area contributed by atoms with Crippen molar-refractivity contribution in [1.82, 2.24) is 0 Å². The first-order chi connectivity index (χ1) is 7.36. The second-order valence-corrected chi connectivity index (χ2v) is 5.16. The normalized spacial score (nSPS) is 11.9. The van der Waals surface area contributed by atoms with E-state index in [1.54, 1.807) is 0 Å². The number of ether oxygens (including phenoxy) is 1. The van der Waals surface area contributed by atoms with Crippen LogP contribution in [0.15, 0.2) is 18.2 Å². The second-order valence-electron chi connectivity index (χ2n) is 5.16. The summed E-state index contributed by atoms with van der Waals surface area (Å²) in [6.07, 6.45) is 1.25. The van der Waals surface area contributed by atoms with Crippen molar-refractivity contribution in [2.75, 3.05) is 5.73 Å². The van der Waals surface area contributed by atoms with Crippen LogP contribution in [0.1, 0.15) is 46.6 Å². The number of hydrogen-bond acceptors (Lipinski definition) is 2. The number of nitrogens with two attached hydrogens (primary N) is 1. The Morgan fingerprint density at radius 3 is 2.38 bits per heavy atom. The third-order valence-electron chi connectivity index (χ3n) is 3.04. The summed E-state index contributed by atoms with van der Waals surface area (Å²) in [6, 6.07) is 6.11. The standard InChI is InChI=1S/C14H23NO/c1-6-14(4,5)11-7-8-13(12(15)9-11)16-10(2)3/h7-10H,6,15H2,1-5H3. The lowest BCUT2D eigenvalue weighted by atomic mass is 9.82. The zero-order chi connectivity index (χ0) is 12.3. The summed E-state index contributed by atoms with van der Waals surface area (Å²) in [5.74, 6) is 0.783. The van der Waals surface area contributed by atoms with Crippen molar-refractivity contribution >= 4 is 5.69 Å². The van der Waals surface area contributed by atoms with E-state index in [0.29, 0.717) is 0 Å². The van der Waals surface area contributed by atoms with E-state index in [1.165, 1.54) is 5.56 Å². The van der Waals surface area contributed by atoms with Crippen LogP contribution in [0.3, 0.4) is 0 Å². The van der Waals surface area contributed by atoms with Crippen molar-refractivity contribution in [3.05, 3.63) is 23.8 Å². The molecule has 0 aliphatic carbocycles. The van der Waals surface area contributed by atoms with E-state index < -0.39 is 0 Å². The lowest BCUT2D eigenvalue weighted by molar-refractivity contribution is 0.243. The first-order valence-corrected chi connectivity index (χ1v) is 5.93. The molecule has 0 aliphatic rings. The summed E-state index contributed by atoms with van der Waals surface area (Å²) in [5, 5.41) is 0. The number of benzene rings is 1. The van der Waals surface area contributed by atoms with Crippen LogP contribution in [0.25, 0.3) is 0 Å². The summed E-state index contributed by atoms with van der Waals surface area (Å²) in [4.78, 5) is 0. The van der Waals surface area contributed by atoms with Gasteiger partial charge < -0.3 is 10.5 Å². The third-order valence-corrected chi connectivity index (χ3v) is 3.04. The highest BCUT2D eigenvalue weighted by Crippen LogP contribution is 2.32. The van der Waals surface area contributed by atoms with Gasteiger partial charge in [-0.05, 0) is 43.4 Å². The molecule has 90 valence electrons. The Morgan fingerprint density at radius 1 is 1.31 bits per heavy atom. The maximum Gasteiger partial charge on any atom is 0.142 e. The zero-order valence-corrected chi connectivity index (χ0v) is 11.0. The molecule has 0 unspecified atom stereocenters. The average Bonchev–Trinajstić information content (AvgIpc) is 2.20. The monoisotopic (exact) mass is 221 g/mol. The van der Waals surface area contributed by atoms with Crippen molar-refractivity contribution in [1.29, 1.82) is 0 Å². The average molecular weight is 221 g/mol. The zero-order valence-electron chi connectivity index (χ0n) is 11.0. The molecule has 2 N–H and O–H groups in total. The molecule has 0 aromatic heterocycles. The predicted molar refractivity (Wildman–Crippen MR) is 69.9 cm³/mol. The van der Waals surface area contributed by atoms with Crippen LogP contribution < -0.4 is 10.5 Å².